The molecule has 1 aliphatic carbocycles. The van der Waals surface area contributed by atoms with Crippen LogP contribution in [-0.2, 0) is 11.2 Å². The number of ether oxygens (including phenoxy) is 1. The van der Waals surface area contributed by atoms with Crippen LogP contribution in [0.15, 0.2) is 27.3 Å². The maximum Gasteiger partial charge on any atom is 0.410 e. The molecule has 2 fully saturated rings. The highest BCUT2D eigenvalue weighted by molar-refractivity contribution is 5.85. The number of pyridine rings is 1. The van der Waals surface area contributed by atoms with Crippen molar-refractivity contribution in [2.45, 2.75) is 51.0 Å². The van der Waals surface area contributed by atoms with Crippen molar-refractivity contribution in [2.24, 2.45) is 5.92 Å². The van der Waals surface area contributed by atoms with Crippen LogP contribution in [0.3, 0.4) is 0 Å². The zero-order valence-corrected chi connectivity index (χ0v) is 17.3. The molecule has 0 spiro atoms. The van der Waals surface area contributed by atoms with Gasteiger partial charge in [0, 0.05) is 31.8 Å². The van der Waals surface area contributed by atoms with Gasteiger partial charge in [-0.3, -0.25) is 0 Å². The van der Waals surface area contributed by atoms with Crippen molar-refractivity contribution in [2.75, 3.05) is 13.1 Å². The quantitative estimate of drug-likeness (QED) is 0.618. The third kappa shape index (κ3) is 3.85. The third-order valence-corrected chi connectivity index (χ3v) is 6.32. The first kappa shape index (κ1) is 19.5. The summed E-state index contributed by atoms with van der Waals surface area (Å²) in [5, 5.41) is 13.9. The SMILES string of the molecule is CC1(OC(=O)N2CCC(Cc3noc(-c4cc5c(C#N)nccc5o4)n3)CC2)CCC1. The van der Waals surface area contributed by atoms with Crippen molar-refractivity contribution in [3.63, 3.8) is 0 Å². The molecular weight excluding hydrogens is 398 g/mol. The van der Waals surface area contributed by atoms with Gasteiger partial charge in [0.25, 0.3) is 5.89 Å². The Morgan fingerprint density at radius 3 is 2.90 bits per heavy atom. The molecule has 1 saturated carbocycles. The fourth-order valence-corrected chi connectivity index (χ4v) is 4.22. The Labute approximate surface area is 179 Å². The van der Waals surface area contributed by atoms with E-state index in [0.29, 0.717) is 53.7 Å². The number of carbonyl (C=O) groups is 1. The second-order valence-electron chi connectivity index (χ2n) is 8.62. The van der Waals surface area contributed by atoms with E-state index in [4.69, 9.17) is 13.7 Å². The molecule has 1 amide bonds. The Kier molecular flexibility index (Phi) is 4.85. The zero-order chi connectivity index (χ0) is 21.4. The van der Waals surface area contributed by atoms with Crippen LogP contribution in [-0.4, -0.2) is 44.8 Å². The number of rotatable bonds is 4. The molecule has 3 aromatic rings. The Bertz CT molecular complexity index is 1150. The maximum atomic E-state index is 12.4. The lowest BCUT2D eigenvalue weighted by Gasteiger charge is -2.40. The molecule has 9 nitrogen and oxygen atoms in total. The minimum absolute atomic E-state index is 0.196. The summed E-state index contributed by atoms with van der Waals surface area (Å²) >= 11 is 0. The minimum atomic E-state index is -0.268. The summed E-state index contributed by atoms with van der Waals surface area (Å²) in [4.78, 5) is 22.7. The van der Waals surface area contributed by atoms with Crippen LogP contribution < -0.4 is 0 Å². The van der Waals surface area contributed by atoms with Crippen LogP contribution >= 0.6 is 0 Å². The lowest BCUT2D eigenvalue weighted by molar-refractivity contribution is -0.0504. The lowest BCUT2D eigenvalue weighted by Crippen LogP contribution is -2.46. The van der Waals surface area contributed by atoms with Gasteiger partial charge in [0.05, 0.1) is 5.39 Å². The number of nitrogens with zero attached hydrogens (tertiary/aromatic N) is 5. The number of carbonyl (C=O) groups excluding carboxylic acids is 1. The Balaban J connectivity index is 1.19. The molecule has 0 N–H and O–H groups in total. The molecule has 0 bridgehead atoms. The normalized spacial score (nSPS) is 18.5. The summed E-state index contributed by atoms with van der Waals surface area (Å²) < 4.78 is 16.8. The van der Waals surface area contributed by atoms with Crippen LogP contribution in [0.2, 0.25) is 0 Å². The van der Waals surface area contributed by atoms with Crippen molar-refractivity contribution >= 4 is 17.1 Å². The number of aromatic nitrogens is 3. The van der Waals surface area contributed by atoms with Gasteiger partial charge in [-0.2, -0.15) is 10.2 Å². The summed E-state index contributed by atoms with van der Waals surface area (Å²) in [5.41, 5.74) is 0.579. The van der Waals surface area contributed by atoms with E-state index in [-0.39, 0.29) is 17.6 Å². The van der Waals surface area contributed by atoms with Gasteiger partial charge in [-0.15, -0.1) is 0 Å². The van der Waals surface area contributed by atoms with Gasteiger partial charge in [0.2, 0.25) is 0 Å². The molecule has 1 saturated heterocycles. The van der Waals surface area contributed by atoms with Gasteiger partial charge in [-0.1, -0.05) is 5.16 Å². The predicted molar refractivity (Wildman–Crippen MR) is 109 cm³/mol. The molecular formula is C22H23N5O4. The fourth-order valence-electron chi connectivity index (χ4n) is 4.22. The Morgan fingerprint density at radius 2 is 2.19 bits per heavy atom. The van der Waals surface area contributed by atoms with Gasteiger partial charge in [-0.25, -0.2) is 9.78 Å². The molecule has 0 radical (unpaired) electrons. The smallest absolute Gasteiger partial charge is 0.410 e. The number of hydrogen-bond acceptors (Lipinski definition) is 8. The maximum absolute atomic E-state index is 12.4. The van der Waals surface area contributed by atoms with E-state index in [1.807, 2.05) is 13.0 Å². The topological polar surface area (TPSA) is 118 Å². The standard InChI is InChI=1S/C22H23N5O4/c1-22(6-2-7-22)30-21(28)27-9-4-14(5-10-27)11-19-25-20(31-26-19)18-12-15-16(13-23)24-8-3-17(15)29-18/h3,8,12,14H,2,4-7,9-11H2,1H3. The summed E-state index contributed by atoms with van der Waals surface area (Å²) in [5.74, 6) is 1.68. The number of hydrogen-bond donors (Lipinski definition) is 0. The molecule has 0 unspecified atom stereocenters. The zero-order valence-electron chi connectivity index (χ0n) is 17.3. The van der Waals surface area contributed by atoms with Crippen LogP contribution in [0.5, 0.6) is 0 Å². The van der Waals surface area contributed by atoms with E-state index < -0.39 is 0 Å². The molecule has 0 atom stereocenters. The first-order valence-corrected chi connectivity index (χ1v) is 10.6. The van der Waals surface area contributed by atoms with E-state index in [1.165, 1.54) is 6.20 Å². The first-order valence-electron chi connectivity index (χ1n) is 10.6. The van der Waals surface area contributed by atoms with E-state index in [0.717, 1.165) is 32.1 Å². The predicted octanol–water partition coefficient (Wildman–Crippen LogP) is 4.08. The fraction of sp³-hybridized carbons (Fsp3) is 0.500. The van der Waals surface area contributed by atoms with E-state index >= 15 is 0 Å². The highest BCUT2D eigenvalue weighted by Gasteiger charge is 2.37. The summed E-state index contributed by atoms with van der Waals surface area (Å²) in [6.07, 6.45) is 6.79. The molecule has 9 heteroatoms. The van der Waals surface area contributed by atoms with Crippen LogP contribution in [0.25, 0.3) is 22.6 Å². The van der Waals surface area contributed by atoms with Gasteiger partial charge in [0.15, 0.2) is 17.3 Å². The number of fused-ring (bicyclic) bond motifs is 1. The summed E-state index contributed by atoms with van der Waals surface area (Å²) in [6.45, 7) is 3.37. The Morgan fingerprint density at radius 1 is 1.39 bits per heavy atom. The van der Waals surface area contributed by atoms with E-state index in [9.17, 15) is 10.1 Å². The van der Waals surface area contributed by atoms with Crippen molar-refractivity contribution in [1.82, 2.24) is 20.0 Å². The number of amides is 1. The van der Waals surface area contributed by atoms with Gasteiger partial charge in [0.1, 0.15) is 17.3 Å². The molecule has 1 aliphatic heterocycles. The van der Waals surface area contributed by atoms with E-state index in [1.54, 1.807) is 17.0 Å². The number of likely N-dealkylation sites (tertiary alicyclic amines) is 1. The van der Waals surface area contributed by atoms with Crippen molar-refractivity contribution < 1.29 is 18.5 Å². The van der Waals surface area contributed by atoms with Gasteiger partial charge in [-0.05, 0) is 51.0 Å². The van der Waals surface area contributed by atoms with Crippen molar-refractivity contribution in [1.29, 1.82) is 5.26 Å². The van der Waals surface area contributed by atoms with E-state index in [2.05, 4.69) is 15.1 Å². The summed E-state index contributed by atoms with van der Waals surface area (Å²) in [6, 6.07) is 5.44. The van der Waals surface area contributed by atoms with Crippen molar-refractivity contribution in [3.05, 3.63) is 29.8 Å². The molecule has 160 valence electrons. The van der Waals surface area contributed by atoms with Crippen molar-refractivity contribution in [3.8, 4) is 17.7 Å². The Hall–Kier alpha value is -3.41. The average molecular weight is 421 g/mol. The largest absolute Gasteiger partial charge is 0.451 e. The van der Waals surface area contributed by atoms with Crippen LogP contribution in [0.1, 0.15) is 50.5 Å². The molecule has 4 heterocycles. The molecule has 0 aromatic carbocycles. The highest BCUT2D eigenvalue weighted by atomic mass is 16.6. The van der Waals surface area contributed by atoms with Gasteiger partial charge < -0.3 is 18.6 Å². The minimum Gasteiger partial charge on any atom is -0.451 e. The molecule has 3 aromatic heterocycles. The lowest BCUT2D eigenvalue weighted by atomic mass is 9.82. The second-order valence-corrected chi connectivity index (χ2v) is 8.62. The number of nitriles is 1. The molecule has 5 rings (SSSR count). The molecule has 2 aliphatic rings. The molecule has 31 heavy (non-hydrogen) atoms. The second kappa shape index (κ2) is 7.69. The monoisotopic (exact) mass is 421 g/mol. The third-order valence-electron chi connectivity index (χ3n) is 6.32. The number of furan rings is 1. The average Bonchev–Trinajstić information content (AvgIpc) is 3.39. The summed E-state index contributed by atoms with van der Waals surface area (Å²) in [7, 11) is 0. The highest BCUT2D eigenvalue weighted by Crippen LogP contribution is 2.36. The first-order chi connectivity index (χ1) is 15.0. The van der Waals surface area contributed by atoms with Gasteiger partial charge >= 0.3 is 6.09 Å². The number of piperidine rings is 1. The van der Waals surface area contributed by atoms with Crippen LogP contribution in [0, 0.1) is 17.2 Å². The van der Waals surface area contributed by atoms with Crippen LogP contribution in [0.4, 0.5) is 4.79 Å².